The summed E-state index contributed by atoms with van der Waals surface area (Å²) < 4.78 is 37.4. The third-order valence-corrected chi connectivity index (χ3v) is 2.39. The maximum absolute atomic E-state index is 12.2. The molecule has 0 saturated heterocycles. The van der Waals surface area contributed by atoms with Crippen LogP contribution >= 0.6 is 11.3 Å². The molecule has 15 heavy (non-hydrogen) atoms. The number of halogens is 3. The van der Waals surface area contributed by atoms with Crippen LogP contribution in [0.15, 0.2) is 22.4 Å². The SMILES string of the molecule is O=c1cc(C(F)(F)F)[nH]n1-c1nccs1. The molecular weight excluding hydrogens is 231 g/mol. The molecule has 2 aromatic heterocycles. The molecule has 0 spiro atoms. The zero-order valence-electron chi connectivity index (χ0n) is 7.08. The Labute approximate surface area is 85.0 Å². The van der Waals surface area contributed by atoms with E-state index in [1.165, 1.54) is 6.20 Å². The van der Waals surface area contributed by atoms with E-state index in [0.29, 0.717) is 6.07 Å². The van der Waals surface area contributed by atoms with Crippen molar-refractivity contribution in [1.29, 1.82) is 0 Å². The van der Waals surface area contributed by atoms with Gasteiger partial charge >= 0.3 is 6.18 Å². The van der Waals surface area contributed by atoms with Gasteiger partial charge in [-0.3, -0.25) is 9.89 Å². The highest BCUT2D eigenvalue weighted by molar-refractivity contribution is 7.12. The van der Waals surface area contributed by atoms with Crippen LogP contribution in [0.1, 0.15) is 5.69 Å². The summed E-state index contributed by atoms with van der Waals surface area (Å²) in [4.78, 5) is 14.9. The van der Waals surface area contributed by atoms with Gasteiger partial charge in [0.1, 0.15) is 5.69 Å². The molecule has 0 aliphatic rings. The fourth-order valence-corrected chi connectivity index (χ4v) is 1.62. The molecule has 2 rings (SSSR count). The largest absolute Gasteiger partial charge is 0.432 e. The molecule has 0 bridgehead atoms. The summed E-state index contributed by atoms with van der Waals surface area (Å²) in [6.45, 7) is 0. The summed E-state index contributed by atoms with van der Waals surface area (Å²) in [5, 5.41) is 3.69. The summed E-state index contributed by atoms with van der Waals surface area (Å²) >= 11 is 1.07. The number of hydrogen-bond acceptors (Lipinski definition) is 3. The fourth-order valence-electron chi connectivity index (χ4n) is 1.01. The van der Waals surface area contributed by atoms with Crippen molar-refractivity contribution >= 4 is 11.3 Å². The van der Waals surface area contributed by atoms with Gasteiger partial charge in [-0.1, -0.05) is 0 Å². The van der Waals surface area contributed by atoms with E-state index in [4.69, 9.17) is 0 Å². The molecule has 0 atom stereocenters. The van der Waals surface area contributed by atoms with Gasteiger partial charge in [-0.05, 0) is 0 Å². The Balaban J connectivity index is 2.52. The summed E-state index contributed by atoms with van der Waals surface area (Å²) in [7, 11) is 0. The first kappa shape index (κ1) is 9.97. The van der Waals surface area contributed by atoms with Gasteiger partial charge in [0, 0.05) is 17.6 Å². The fraction of sp³-hybridized carbons (Fsp3) is 0.143. The normalized spacial score (nSPS) is 11.9. The lowest BCUT2D eigenvalue weighted by molar-refractivity contribution is -0.141. The molecule has 0 unspecified atom stereocenters. The summed E-state index contributed by atoms with van der Waals surface area (Å²) in [5.41, 5.74) is -1.86. The number of hydrogen-bond donors (Lipinski definition) is 1. The summed E-state index contributed by atoms with van der Waals surface area (Å²) in [6.07, 6.45) is -3.15. The monoisotopic (exact) mass is 235 g/mol. The average molecular weight is 235 g/mol. The van der Waals surface area contributed by atoms with Gasteiger partial charge in [0.25, 0.3) is 5.56 Å². The zero-order valence-corrected chi connectivity index (χ0v) is 7.89. The lowest BCUT2D eigenvalue weighted by Gasteiger charge is -2.01. The Bertz CT molecular complexity index is 510. The Hall–Kier alpha value is -1.57. The molecule has 0 saturated carbocycles. The number of nitrogens with zero attached hydrogens (tertiary/aromatic N) is 2. The van der Waals surface area contributed by atoms with E-state index >= 15 is 0 Å². The van der Waals surface area contributed by atoms with Crippen LogP contribution in [0.2, 0.25) is 0 Å². The highest BCUT2D eigenvalue weighted by atomic mass is 32.1. The second kappa shape index (κ2) is 3.23. The standard InChI is InChI=1S/C7H4F3N3OS/c8-7(9,10)4-3-5(14)13(12-4)6-11-1-2-15-6/h1-3,12H. The van der Waals surface area contributed by atoms with E-state index in [-0.39, 0.29) is 5.13 Å². The second-order valence-corrected chi connectivity index (χ2v) is 3.53. The minimum Gasteiger partial charge on any atom is -0.284 e. The van der Waals surface area contributed by atoms with E-state index in [1.54, 1.807) is 5.38 Å². The van der Waals surface area contributed by atoms with E-state index in [2.05, 4.69) is 4.98 Å². The van der Waals surface area contributed by atoms with Crippen molar-refractivity contribution in [1.82, 2.24) is 14.8 Å². The topological polar surface area (TPSA) is 50.7 Å². The lowest BCUT2D eigenvalue weighted by Crippen LogP contribution is -2.13. The molecule has 4 nitrogen and oxygen atoms in total. The summed E-state index contributed by atoms with van der Waals surface area (Å²) in [6, 6.07) is 0.501. The first-order chi connectivity index (χ1) is 6.98. The highest BCUT2D eigenvalue weighted by Gasteiger charge is 2.33. The molecular formula is C7H4F3N3OS. The van der Waals surface area contributed by atoms with Crippen molar-refractivity contribution in [2.75, 3.05) is 0 Å². The molecule has 0 aromatic carbocycles. The van der Waals surface area contributed by atoms with Gasteiger partial charge in [0.2, 0.25) is 5.13 Å². The van der Waals surface area contributed by atoms with E-state index < -0.39 is 17.4 Å². The minimum absolute atomic E-state index is 0.176. The Morgan fingerprint density at radius 3 is 2.67 bits per heavy atom. The quantitative estimate of drug-likeness (QED) is 0.816. The maximum Gasteiger partial charge on any atom is 0.432 e. The molecule has 0 amide bonds. The maximum atomic E-state index is 12.2. The predicted molar refractivity (Wildman–Crippen MR) is 47.1 cm³/mol. The molecule has 2 aromatic rings. The van der Waals surface area contributed by atoms with Crippen molar-refractivity contribution < 1.29 is 13.2 Å². The third kappa shape index (κ3) is 1.80. The second-order valence-electron chi connectivity index (χ2n) is 2.66. The van der Waals surface area contributed by atoms with Crippen LogP contribution < -0.4 is 5.56 Å². The van der Waals surface area contributed by atoms with Crippen LogP contribution in [0, 0.1) is 0 Å². The molecule has 0 aliphatic carbocycles. The van der Waals surface area contributed by atoms with Gasteiger partial charge in [0.05, 0.1) is 0 Å². The van der Waals surface area contributed by atoms with Crippen LogP contribution in [0.5, 0.6) is 0 Å². The first-order valence-corrected chi connectivity index (χ1v) is 4.65. The molecule has 80 valence electrons. The van der Waals surface area contributed by atoms with Crippen molar-refractivity contribution in [3.05, 3.63) is 33.7 Å². The minimum atomic E-state index is -4.55. The third-order valence-electron chi connectivity index (χ3n) is 1.64. The number of nitrogens with one attached hydrogen (secondary N) is 1. The smallest absolute Gasteiger partial charge is 0.284 e. The number of rotatable bonds is 1. The highest BCUT2D eigenvalue weighted by Crippen LogP contribution is 2.26. The van der Waals surface area contributed by atoms with Crippen LogP contribution in [0.4, 0.5) is 13.2 Å². The van der Waals surface area contributed by atoms with Crippen LogP contribution in [0.3, 0.4) is 0 Å². The average Bonchev–Trinajstić information content (AvgIpc) is 2.69. The van der Waals surface area contributed by atoms with Gasteiger partial charge in [-0.25, -0.2) is 4.98 Å². The van der Waals surface area contributed by atoms with Gasteiger partial charge in [-0.2, -0.15) is 17.9 Å². The molecule has 0 fully saturated rings. The Morgan fingerprint density at radius 1 is 1.47 bits per heavy atom. The zero-order chi connectivity index (χ0) is 11.1. The van der Waals surface area contributed by atoms with Crippen LogP contribution in [0.25, 0.3) is 5.13 Å². The van der Waals surface area contributed by atoms with Crippen molar-refractivity contribution in [3.63, 3.8) is 0 Å². The van der Waals surface area contributed by atoms with Gasteiger partial charge in [-0.15, -0.1) is 11.3 Å². The predicted octanol–water partition coefficient (Wildman–Crippen LogP) is 1.64. The molecule has 0 radical (unpaired) electrons. The van der Waals surface area contributed by atoms with Crippen LogP contribution in [-0.2, 0) is 6.18 Å². The number of alkyl halides is 3. The number of aromatic amines is 1. The van der Waals surface area contributed by atoms with Crippen molar-refractivity contribution in [2.24, 2.45) is 0 Å². The van der Waals surface area contributed by atoms with E-state index in [1.807, 2.05) is 5.10 Å². The van der Waals surface area contributed by atoms with Crippen molar-refractivity contribution in [2.45, 2.75) is 6.18 Å². The van der Waals surface area contributed by atoms with E-state index in [9.17, 15) is 18.0 Å². The van der Waals surface area contributed by atoms with Crippen LogP contribution in [-0.4, -0.2) is 14.8 Å². The Kier molecular flexibility index (Phi) is 2.14. The Morgan fingerprint density at radius 2 is 2.20 bits per heavy atom. The molecule has 8 heteroatoms. The van der Waals surface area contributed by atoms with E-state index in [0.717, 1.165) is 16.0 Å². The number of aromatic nitrogens is 3. The molecule has 0 aliphatic heterocycles. The number of H-pyrrole nitrogens is 1. The number of thiazole rings is 1. The molecule has 1 N–H and O–H groups in total. The first-order valence-electron chi connectivity index (χ1n) is 3.77. The summed E-state index contributed by atoms with van der Waals surface area (Å²) in [5.74, 6) is 0. The van der Waals surface area contributed by atoms with Gasteiger partial charge < -0.3 is 0 Å². The molecule has 2 heterocycles. The van der Waals surface area contributed by atoms with Crippen molar-refractivity contribution in [3.8, 4) is 5.13 Å². The lowest BCUT2D eigenvalue weighted by atomic mass is 10.4. The van der Waals surface area contributed by atoms with Gasteiger partial charge in [0.15, 0.2) is 0 Å².